The van der Waals surface area contributed by atoms with E-state index in [0.717, 1.165) is 26.3 Å². The number of ether oxygens (including phenoxy) is 2. The molecule has 4 heteroatoms. The van der Waals surface area contributed by atoms with Crippen molar-refractivity contribution in [2.75, 3.05) is 26.3 Å². The van der Waals surface area contributed by atoms with Crippen LogP contribution >= 0.6 is 0 Å². The van der Waals surface area contributed by atoms with Crippen molar-refractivity contribution in [2.45, 2.75) is 12.5 Å². The summed E-state index contributed by atoms with van der Waals surface area (Å²) in [4.78, 5) is 0. The number of nitrogens with one attached hydrogen (secondary N) is 2. The second-order valence-corrected chi connectivity index (χ2v) is 3.15. The molecule has 2 atom stereocenters. The van der Waals surface area contributed by atoms with Crippen LogP contribution in [-0.2, 0) is 9.47 Å². The van der Waals surface area contributed by atoms with Crippen LogP contribution < -0.4 is 10.6 Å². The average Bonchev–Trinajstić information content (AvgIpc) is 2.77. The maximum atomic E-state index is 5.43. The molecule has 69 valence electrons. The Balaban J connectivity index is 1.84. The van der Waals surface area contributed by atoms with Crippen LogP contribution in [0.25, 0.3) is 0 Å². The SMILES string of the molecule is [CH2]C(C1NCCO1)C1NCCO1. The molecule has 0 aromatic rings. The first-order valence-electron chi connectivity index (χ1n) is 4.41. The summed E-state index contributed by atoms with van der Waals surface area (Å²) in [6.45, 7) is 7.43. The normalized spacial score (nSPS) is 38.8. The van der Waals surface area contributed by atoms with Gasteiger partial charge in [-0.1, -0.05) is 0 Å². The molecule has 2 fully saturated rings. The molecular weight excluding hydrogens is 156 g/mol. The first-order valence-corrected chi connectivity index (χ1v) is 4.41. The van der Waals surface area contributed by atoms with Crippen molar-refractivity contribution in [3.05, 3.63) is 6.92 Å². The Labute approximate surface area is 72.6 Å². The molecule has 0 aromatic heterocycles. The Morgan fingerprint density at radius 1 is 1.08 bits per heavy atom. The van der Waals surface area contributed by atoms with E-state index in [0.29, 0.717) is 0 Å². The molecule has 0 amide bonds. The molecule has 0 spiro atoms. The second kappa shape index (κ2) is 3.70. The predicted molar refractivity (Wildman–Crippen MR) is 44.3 cm³/mol. The lowest BCUT2D eigenvalue weighted by molar-refractivity contribution is -0.0137. The highest BCUT2D eigenvalue weighted by molar-refractivity contribution is 4.82. The number of hydrogen-bond donors (Lipinski definition) is 2. The van der Waals surface area contributed by atoms with Crippen molar-refractivity contribution in [3.63, 3.8) is 0 Å². The highest BCUT2D eigenvalue weighted by Gasteiger charge is 2.31. The summed E-state index contributed by atoms with van der Waals surface area (Å²) >= 11 is 0. The summed E-state index contributed by atoms with van der Waals surface area (Å²) in [7, 11) is 0. The first kappa shape index (κ1) is 8.44. The van der Waals surface area contributed by atoms with E-state index in [1.165, 1.54) is 0 Å². The minimum absolute atomic E-state index is 0.0561. The van der Waals surface area contributed by atoms with Gasteiger partial charge < -0.3 is 9.47 Å². The van der Waals surface area contributed by atoms with E-state index < -0.39 is 0 Å². The number of hydrogen-bond acceptors (Lipinski definition) is 4. The third kappa shape index (κ3) is 1.61. The van der Waals surface area contributed by atoms with E-state index in [1.807, 2.05) is 0 Å². The molecule has 12 heavy (non-hydrogen) atoms. The molecule has 2 unspecified atom stereocenters. The van der Waals surface area contributed by atoms with Crippen LogP contribution in [0.5, 0.6) is 0 Å². The van der Waals surface area contributed by atoms with Crippen molar-refractivity contribution in [2.24, 2.45) is 5.92 Å². The third-order valence-corrected chi connectivity index (χ3v) is 2.27. The standard InChI is InChI=1S/C8H15N2O2/c1-6(7-9-2-4-11-7)8-10-3-5-12-8/h6-10H,1-5H2. The van der Waals surface area contributed by atoms with E-state index in [1.54, 1.807) is 0 Å². The topological polar surface area (TPSA) is 42.5 Å². The molecule has 0 aromatic carbocycles. The van der Waals surface area contributed by atoms with E-state index in [2.05, 4.69) is 17.6 Å². The molecule has 1 radical (unpaired) electrons. The van der Waals surface area contributed by atoms with Gasteiger partial charge in [0.2, 0.25) is 0 Å². The fraction of sp³-hybridized carbons (Fsp3) is 0.875. The van der Waals surface area contributed by atoms with Crippen LogP contribution in [0.4, 0.5) is 0 Å². The lowest BCUT2D eigenvalue weighted by Gasteiger charge is -2.23. The second-order valence-electron chi connectivity index (χ2n) is 3.15. The number of rotatable bonds is 2. The molecule has 2 saturated heterocycles. The Morgan fingerprint density at radius 3 is 1.92 bits per heavy atom. The van der Waals surface area contributed by atoms with Crippen molar-refractivity contribution >= 4 is 0 Å². The van der Waals surface area contributed by atoms with Gasteiger partial charge in [0.15, 0.2) is 0 Å². The van der Waals surface area contributed by atoms with Gasteiger partial charge in [0.1, 0.15) is 12.5 Å². The summed E-state index contributed by atoms with van der Waals surface area (Å²) in [6.07, 6.45) is 0.112. The van der Waals surface area contributed by atoms with Gasteiger partial charge in [-0.3, -0.25) is 10.6 Å². The van der Waals surface area contributed by atoms with Crippen LogP contribution in [0, 0.1) is 12.8 Å². The summed E-state index contributed by atoms with van der Waals surface area (Å²) in [5, 5.41) is 6.46. The van der Waals surface area contributed by atoms with Crippen LogP contribution in [0.15, 0.2) is 0 Å². The van der Waals surface area contributed by atoms with Crippen LogP contribution in [0.1, 0.15) is 0 Å². The summed E-state index contributed by atoms with van der Waals surface area (Å²) < 4.78 is 10.9. The highest BCUT2D eigenvalue weighted by Crippen LogP contribution is 2.15. The van der Waals surface area contributed by atoms with Crippen molar-refractivity contribution < 1.29 is 9.47 Å². The van der Waals surface area contributed by atoms with Crippen LogP contribution in [-0.4, -0.2) is 38.8 Å². The van der Waals surface area contributed by atoms with Crippen molar-refractivity contribution in [1.82, 2.24) is 10.6 Å². The van der Waals surface area contributed by atoms with Gasteiger partial charge in [0, 0.05) is 19.0 Å². The predicted octanol–water partition coefficient (Wildman–Crippen LogP) is -0.672. The smallest absolute Gasteiger partial charge is 0.114 e. The Morgan fingerprint density at radius 2 is 1.58 bits per heavy atom. The highest BCUT2D eigenvalue weighted by atomic mass is 16.5. The lowest BCUT2D eigenvalue weighted by Crippen LogP contribution is -2.42. The Hall–Kier alpha value is -0.160. The Bertz CT molecular complexity index is 126. The fourth-order valence-electron chi connectivity index (χ4n) is 1.60. The molecule has 2 aliphatic rings. The first-order chi connectivity index (χ1) is 5.88. The fourth-order valence-corrected chi connectivity index (χ4v) is 1.60. The third-order valence-electron chi connectivity index (χ3n) is 2.27. The quantitative estimate of drug-likeness (QED) is 0.578. The monoisotopic (exact) mass is 171 g/mol. The van der Waals surface area contributed by atoms with Crippen molar-refractivity contribution in [3.8, 4) is 0 Å². The molecule has 2 N–H and O–H groups in total. The van der Waals surface area contributed by atoms with Gasteiger partial charge in [0.05, 0.1) is 13.2 Å². The van der Waals surface area contributed by atoms with Gasteiger partial charge >= 0.3 is 0 Å². The maximum Gasteiger partial charge on any atom is 0.114 e. The van der Waals surface area contributed by atoms with E-state index in [9.17, 15) is 0 Å². The van der Waals surface area contributed by atoms with Crippen molar-refractivity contribution in [1.29, 1.82) is 0 Å². The van der Waals surface area contributed by atoms with E-state index >= 15 is 0 Å². The molecular formula is C8H15N2O2. The minimum Gasteiger partial charge on any atom is -0.362 e. The maximum absolute atomic E-state index is 5.43. The largest absolute Gasteiger partial charge is 0.362 e. The van der Waals surface area contributed by atoms with Gasteiger partial charge in [0.25, 0.3) is 0 Å². The van der Waals surface area contributed by atoms with E-state index in [4.69, 9.17) is 9.47 Å². The lowest BCUT2D eigenvalue weighted by atomic mass is 10.1. The molecule has 2 aliphatic heterocycles. The molecule has 2 rings (SSSR count). The minimum atomic E-state index is 0.0561. The molecule has 2 heterocycles. The summed E-state index contributed by atoms with van der Waals surface area (Å²) in [6, 6.07) is 0. The van der Waals surface area contributed by atoms with Crippen LogP contribution in [0.3, 0.4) is 0 Å². The molecule has 4 nitrogen and oxygen atoms in total. The summed E-state index contributed by atoms with van der Waals surface area (Å²) in [5.74, 6) is 0.134. The zero-order chi connectivity index (χ0) is 8.39. The van der Waals surface area contributed by atoms with Gasteiger partial charge in [-0.05, 0) is 6.92 Å². The zero-order valence-corrected chi connectivity index (χ0v) is 7.08. The van der Waals surface area contributed by atoms with Gasteiger partial charge in [-0.15, -0.1) is 0 Å². The summed E-state index contributed by atoms with van der Waals surface area (Å²) in [5.41, 5.74) is 0. The molecule has 0 aliphatic carbocycles. The van der Waals surface area contributed by atoms with Gasteiger partial charge in [-0.25, -0.2) is 0 Å². The van der Waals surface area contributed by atoms with Crippen LogP contribution in [0.2, 0.25) is 0 Å². The molecule has 0 saturated carbocycles. The van der Waals surface area contributed by atoms with Gasteiger partial charge in [-0.2, -0.15) is 0 Å². The average molecular weight is 171 g/mol. The Kier molecular flexibility index (Phi) is 2.60. The zero-order valence-electron chi connectivity index (χ0n) is 7.08. The van der Waals surface area contributed by atoms with E-state index in [-0.39, 0.29) is 18.4 Å². The molecule has 0 bridgehead atoms.